The van der Waals surface area contributed by atoms with Gasteiger partial charge >= 0.3 is 0 Å². The van der Waals surface area contributed by atoms with Crippen LogP contribution < -0.4 is 5.32 Å². The molecule has 2 aromatic heterocycles. The first-order chi connectivity index (χ1) is 8.70. The van der Waals surface area contributed by atoms with E-state index in [0.717, 1.165) is 18.0 Å². The molecule has 4 heteroatoms. The van der Waals surface area contributed by atoms with Gasteiger partial charge in [-0.15, -0.1) is 0 Å². The Morgan fingerprint density at radius 2 is 2.28 bits per heavy atom. The molecule has 2 rings (SSSR count). The van der Waals surface area contributed by atoms with Crippen LogP contribution in [0.1, 0.15) is 42.6 Å². The molecule has 0 aliphatic heterocycles. The first-order valence-corrected chi connectivity index (χ1v) is 6.28. The van der Waals surface area contributed by atoms with Crippen LogP contribution in [0, 0.1) is 6.92 Å². The Bertz CT molecular complexity index is 507. The van der Waals surface area contributed by atoms with E-state index in [9.17, 15) is 0 Å². The number of nitrogens with one attached hydrogen (secondary N) is 1. The highest BCUT2D eigenvalue weighted by Crippen LogP contribution is 2.16. The molecule has 0 aliphatic carbocycles. The lowest BCUT2D eigenvalue weighted by molar-refractivity contribution is 0.500. The Balaban J connectivity index is 1.96. The van der Waals surface area contributed by atoms with Crippen LogP contribution in [0.15, 0.2) is 29.1 Å². The molecule has 1 atom stereocenters. The van der Waals surface area contributed by atoms with Crippen molar-refractivity contribution in [2.24, 2.45) is 0 Å². The molecule has 0 spiro atoms. The summed E-state index contributed by atoms with van der Waals surface area (Å²) in [6.07, 6.45) is 6.27. The Hall–Kier alpha value is -1.68. The molecular weight excluding hydrogens is 226 g/mol. The first kappa shape index (κ1) is 12.8. The zero-order chi connectivity index (χ0) is 13.0. The summed E-state index contributed by atoms with van der Waals surface area (Å²) in [4.78, 5) is 8.48. The second-order valence-electron chi connectivity index (χ2n) is 4.42. The molecule has 0 bridgehead atoms. The number of oxazole rings is 1. The summed E-state index contributed by atoms with van der Waals surface area (Å²) in [7, 11) is 0. The minimum absolute atomic E-state index is 0.273. The van der Waals surface area contributed by atoms with Gasteiger partial charge < -0.3 is 9.73 Å². The number of pyridine rings is 1. The van der Waals surface area contributed by atoms with Gasteiger partial charge in [0.05, 0.1) is 5.69 Å². The van der Waals surface area contributed by atoms with Crippen molar-refractivity contribution in [1.82, 2.24) is 15.3 Å². The molecule has 0 amide bonds. The Kier molecular flexibility index (Phi) is 4.10. The first-order valence-electron chi connectivity index (χ1n) is 6.28. The van der Waals surface area contributed by atoms with Gasteiger partial charge in [-0.25, -0.2) is 4.98 Å². The number of aromatic nitrogens is 2. The minimum atomic E-state index is 0.273. The van der Waals surface area contributed by atoms with Crippen LogP contribution in [-0.4, -0.2) is 9.97 Å². The number of hydrogen-bond donors (Lipinski definition) is 1. The average Bonchev–Trinajstić information content (AvgIpc) is 2.84. The second-order valence-corrected chi connectivity index (χ2v) is 4.42. The maximum absolute atomic E-state index is 5.31. The van der Waals surface area contributed by atoms with Gasteiger partial charge in [-0.1, -0.05) is 6.92 Å². The van der Waals surface area contributed by atoms with E-state index >= 15 is 0 Å². The Labute approximate surface area is 107 Å². The fraction of sp³-hybridized carbons (Fsp3) is 0.429. The third-order valence-electron chi connectivity index (χ3n) is 3.02. The lowest BCUT2D eigenvalue weighted by Crippen LogP contribution is -2.19. The van der Waals surface area contributed by atoms with Crippen molar-refractivity contribution < 1.29 is 4.42 Å². The largest absolute Gasteiger partial charge is 0.449 e. The molecule has 0 fully saturated rings. The van der Waals surface area contributed by atoms with Crippen LogP contribution in [0.3, 0.4) is 0 Å². The van der Waals surface area contributed by atoms with Crippen molar-refractivity contribution in [3.8, 4) is 0 Å². The van der Waals surface area contributed by atoms with E-state index in [2.05, 4.69) is 29.1 Å². The van der Waals surface area contributed by atoms with Crippen LogP contribution >= 0.6 is 0 Å². The number of rotatable bonds is 5. The topological polar surface area (TPSA) is 51.0 Å². The predicted molar refractivity (Wildman–Crippen MR) is 70.1 cm³/mol. The number of aryl methyl sites for hydroxylation is 2. The monoisotopic (exact) mass is 245 g/mol. The Morgan fingerprint density at radius 1 is 1.44 bits per heavy atom. The minimum Gasteiger partial charge on any atom is -0.449 e. The molecule has 2 aromatic rings. The highest BCUT2D eigenvalue weighted by molar-refractivity contribution is 5.24. The molecule has 2 heterocycles. The fourth-order valence-corrected chi connectivity index (χ4v) is 1.93. The van der Waals surface area contributed by atoms with Gasteiger partial charge in [0.2, 0.25) is 0 Å². The fourth-order valence-electron chi connectivity index (χ4n) is 1.93. The lowest BCUT2D eigenvalue weighted by Gasteiger charge is -2.15. The van der Waals surface area contributed by atoms with Gasteiger partial charge in [0, 0.05) is 31.4 Å². The van der Waals surface area contributed by atoms with Crippen LogP contribution in [0.5, 0.6) is 0 Å². The van der Waals surface area contributed by atoms with Crippen LogP contribution in [0.2, 0.25) is 0 Å². The van der Waals surface area contributed by atoms with E-state index in [-0.39, 0.29) is 6.04 Å². The van der Waals surface area contributed by atoms with Gasteiger partial charge in [0.1, 0.15) is 6.26 Å². The molecule has 0 saturated heterocycles. The maximum Gasteiger partial charge on any atom is 0.193 e. The van der Waals surface area contributed by atoms with Gasteiger partial charge in [-0.2, -0.15) is 0 Å². The van der Waals surface area contributed by atoms with Crippen molar-refractivity contribution in [1.29, 1.82) is 0 Å². The van der Waals surface area contributed by atoms with E-state index in [1.807, 2.05) is 25.4 Å². The van der Waals surface area contributed by atoms with E-state index in [4.69, 9.17) is 4.42 Å². The molecule has 0 saturated carbocycles. The van der Waals surface area contributed by atoms with Gasteiger partial charge in [-0.05, 0) is 31.0 Å². The highest BCUT2D eigenvalue weighted by Gasteiger charge is 2.09. The van der Waals surface area contributed by atoms with Crippen molar-refractivity contribution in [3.05, 3.63) is 47.4 Å². The molecular formula is C14H19N3O. The van der Waals surface area contributed by atoms with Gasteiger partial charge in [0.15, 0.2) is 5.89 Å². The number of hydrogen-bond acceptors (Lipinski definition) is 4. The normalized spacial score (nSPS) is 12.6. The summed E-state index contributed by atoms with van der Waals surface area (Å²) in [5.74, 6) is 0.791. The molecule has 4 nitrogen and oxygen atoms in total. The average molecular weight is 245 g/mol. The summed E-state index contributed by atoms with van der Waals surface area (Å²) in [6.45, 7) is 6.97. The smallest absolute Gasteiger partial charge is 0.193 e. The van der Waals surface area contributed by atoms with Gasteiger partial charge in [0.25, 0.3) is 0 Å². The number of nitrogens with zero attached hydrogens (tertiary/aromatic N) is 2. The molecule has 1 N–H and O–H groups in total. The van der Waals surface area contributed by atoms with E-state index < -0.39 is 0 Å². The van der Waals surface area contributed by atoms with E-state index in [1.165, 1.54) is 11.1 Å². The Morgan fingerprint density at radius 3 is 2.94 bits per heavy atom. The zero-order valence-corrected chi connectivity index (χ0v) is 11.1. The molecule has 0 aromatic carbocycles. The molecule has 1 unspecified atom stereocenters. The summed E-state index contributed by atoms with van der Waals surface area (Å²) < 4.78 is 5.31. The highest BCUT2D eigenvalue weighted by atomic mass is 16.3. The third-order valence-corrected chi connectivity index (χ3v) is 3.02. The second kappa shape index (κ2) is 5.78. The summed E-state index contributed by atoms with van der Waals surface area (Å²) in [5, 5.41) is 3.44. The van der Waals surface area contributed by atoms with Crippen LogP contribution in [0.4, 0.5) is 0 Å². The predicted octanol–water partition coefficient (Wildman–Crippen LogP) is 2.79. The molecule has 0 radical (unpaired) electrons. The third kappa shape index (κ3) is 2.96. The molecule has 96 valence electrons. The molecule has 18 heavy (non-hydrogen) atoms. The molecule has 0 aliphatic rings. The van der Waals surface area contributed by atoms with E-state index in [0.29, 0.717) is 6.54 Å². The standard InChI is InChI=1S/C14H19N3O/c1-4-14-17-12(9-18-14)8-16-11(3)13-5-6-15-7-10(13)2/h5-7,9,11,16H,4,8H2,1-3H3. The van der Waals surface area contributed by atoms with Crippen molar-refractivity contribution in [2.45, 2.75) is 39.8 Å². The van der Waals surface area contributed by atoms with Crippen LogP contribution in [-0.2, 0) is 13.0 Å². The zero-order valence-electron chi connectivity index (χ0n) is 11.1. The van der Waals surface area contributed by atoms with Crippen molar-refractivity contribution in [3.63, 3.8) is 0 Å². The quantitative estimate of drug-likeness (QED) is 0.880. The van der Waals surface area contributed by atoms with Crippen molar-refractivity contribution in [2.75, 3.05) is 0 Å². The van der Waals surface area contributed by atoms with Crippen molar-refractivity contribution >= 4 is 0 Å². The maximum atomic E-state index is 5.31. The van der Waals surface area contributed by atoms with Gasteiger partial charge in [-0.3, -0.25) is 4.98 Å². The van der Waals surface area contributed by atoms with E-state index in [1.54, 1.807) is 6.26 Å². The summed E-state index contributed by atoms with van der Waals surface area (Å²) >= 11 is 0. The summed E-state index contributed by atoms with van der Waals surface area (Å²) in [6, 6.07) is 2.32. The summed E-state index contributed by atoms with van der Waals surface area (Å²) in [5.41, 5.74) is 3.42. The van der Waals surface area contributed by atoms with Crippen LogP contribution in [0.25, 0.3) is 0 Å². The lowest BCUT2D eigenvalue weighted by atomic mass is 10.1. The SMILES string of the molecule is CCc1nc(CNC(C)c2ccncc2C)co1.